The minimum Gasteiger partial charge on any atom is -0.454 e. The Morgan fingerprint density at radius 2 is 2.00 bits per heavy atom. The van der Waals surface area contributed by atoms with Crippen LogP contribution in [0.1, 0.15) is 12.5 Å². The highest BCUT2D eigenvalue weighted by Crippen LogP contribution is 2.30. The van der Waals surface area contributed by atoms with Gasteiger partial charge in [-0.25, -0.2) is 14.1 Å². The van der Waals surface area contributed by atoms with E-state index < -0.39 is 6.04 Å². The summed E-state index contributed by atoms with van der Waals surface area (Å²) in [5.74, 6) is -0.464. The number of nitrogens with zero attached hydrogens (tertiary/aromatic N) is 5. The summed E-state index contributed by atoms with van der Waals surface area (Å²) in [4.78, 5) is 25.2. The van der Waals surface area contributed by atoms with Gasteiger partial charge in [0.05, 0.1) is 23.8 Å². The van der Waals surface area contributed by atoms with Crippen molar-refractivity contribution in [3.05, 3.63) is 82.3 Å². The van der Waals surface area contributed by atoms with Crippen molar-refractivity contribution in [2.75, 3.05) is 18.5 Å². The van der Waals surface area contributed by atoms with Gasteiger partial charge in [-0.15, -0.1) is 10.2 Å². The summed E-state index contributed by atoms with van der Waals surface area (Å²) in [6.45, 7) is 1.64. The fourth-order valence-corrected chi connectivity index (χ4v) is 4.08. The molecule has 5 rings (SSSR count). The van der Waals surface area contributed by atoms with Crippen molar-refractivity contribution in [2.45, 2.75) is 25.6 Å². The number of ether oxygens (including phenoxy) is 1. The van der Waals surface area contributed by atoms with Gasteiger partial charge in [-0.3, -0.25) is 19.8 Å². The second-order valence-corrected chi connectivity index (χ2v) is 9.03. The Morgan fingerprint density at radius 1 is 1.19 bits per heavy atom. The van der Waals surface area contributed by atoms with Gasteiger partial charge in [0.15, 0.2) is 24.8 Å². The number of benzene rings is 2. The molecule has 11 nitrogen and oxygen atoms in total. The monoisotopic (exact) mass is 549 g/mol. The van der Waals surface area contributed by atoms with Gasteiger partial charge in [0.1, 0.15) is 11.9 Å². The van der Waals surface area contributed by atoms with Crippen molar-refractivity contribution in [3.63, 3.8) is 0 Å². The quantitative estimate of drug-likeness (QED) is 0.459. The van der Waals surface area contributed by atoms with Crippen molar-refractivity contribution in [3.8, 4) is 5.69 Å². The zero-order valence-electron chi connectivity index (χ0n) is 19.5. The summed E-state index contributed by atoms with van der Waals surface area (Å²) in [5.41, 5.74) is 1.90. The topological polar surface area (TPSA) is 106 Å². The molecule has 1 saturated heterocycles. The maximum Gasteiger partial charge on any atom is 0.246 e. The number of anilines is 1. The van der Waals surface area contributed by atoms with E-state index in [-0.39, 0.29) is 48.9 Å². The number of carbonyl (C=O) groups is 1. The van der Waals surface area contributed by atoms with Gasteiger partial charge in [0.2, 0.25) is 11.8 Å². The molecule has 0 spiro atoms. The van der Waals surface area contributed by atoms with E-state index in [0.29, 0.717) is 16.4 Å². The van der Waals surface area contributed by atoms with E-state index in [1.807, 2.05) is 0 Å². The van der Waals surface area contributed by atoms with Crippen molar-refractivity contribution in [1.29, 1.82) is 0 Å². The number of hydrogen-bond acceptors (Lipinski definition) is 9. The number of hydroxylamine groups is 3. The van der Waals surface area contributed by atoms with E-state index in [0.717, 1.165) is 5.56 Å². The van der Waals surface area contributed by atoms with E-state index in [9.17, 15) is 9.18 Å². The molecule has 2 aliphatic rings. The molecule has 0 saturated carbocycles. The van der Waals surface area contributed by atoms with E-state index in [1.165, 1.54) is 26.9 Å². The lowest BCUT2D eigenvalue weighted by Gasteiger charge is -2.38. The Balaban J connectivity index is 1.33. The van der Waals surface area contributed by atoms with Crippen LogP contribution in [0.25, 0.3) is 5.69 Å². The van der Waals surface area contributed by atoms with Gasteiger partial charge in [-0.05, 0) is 49.2 Å². The molecule has 2 aliphatic heterocycles. The molecule has 0 bridgehead atoms. The molecule has 1 fully saturated rings. The Labute approximate surface area is 221 Å². The standard InChI is InChI=1S/C23H22Cl2FN7O4/c1-14-27-10-22(37-14)28-23(34)20(8-15-2-5-17(26)6-3-15)33-13-35-32(12-36-33)19-9-16(24)4-7-18(19)31-11-21(25)29-30-31/h2-7,9-11,14,20,27H,8,12-13H2,1H3,(H,28,34)/t14?,20-/m0/s1. The highest BCUT2D eigenvalue weighted by Gasteiger charge is 2.33. The second-order valence-electron chi connectivity index (χ2n) is 8.20. The third kappa shape index (κ3) is 5.95. The number of halogens is 3. The largest absolute Gasteiger partial charge is 0.454 e. The Hall–Kier alpha value is -3.42. The van der Waals surface area contributed by atoms with Crippen LogP contribution in [0.4, 0.5) is 10.1 Å². The van der Waals surface area contributed by atoms with Crippen molar-refractivity contribution >= 4 is 34.8 Å². The average molecular weight is 550 g/mol. The van der Waals surface area contributed by atoms with Crippen LogP contribution in [-0.2, 0) is 25.6 Å². The molecule has 14 heteroatoms. The van der Waals surface area contributed by atoms with Crippen LogP contribution in [0.3, 0.4) is 0 Å². The fraction of sp³-hybridized carbons (Fsp3) is 0.261. The van der Waals surface area contributed by atoms with E-state index in [4.69, 9.17) is 37.6 Å². The molecule has 0 aliphatic carbocycles. The normalized spacial score (nSPS) is 18.6. The van der Waals surface area contributed by atoms with Crippen molar-refractivity contribution < 1.29 is 23.6 Å². The van der Waals surface area contributed by atoms with Gasteiger partial charge >= 0.3 is 0 Å². The third-order valence-electron chi connectivity index (χ3n) is 5.59. The molecule has 1 aromatic heterocycles. The first kappa shape index (κ1) is 25.2. The Morgan fingerprint density at radius 3 is 2.65 bits per heavy atom. The summed E-state index contributed by atoms with van der Waals surface area (Å²) >= 11 is 12.2. The predicted octanol–water partition coefficient (Wildman–Crippen LogP) is 3.11. The molecule has 194 valence electrons. The zero-order valence-corrected chi connectivity index (χ0v) is 21.0. The molecule has 2 aromatic carbocycles. The van der Waals surface area contributed by atoms with Gasteiger partial charge < -0.3 is 10.1 Å². The van der Waals surface area contributed by atoms with Crippen molar-refractivity contribution in [1.82, 2.24) is 30.7 Å². The van der Waals surface area contributed by atoms with Crippen LogP contribution >= 0.6 is 23.2 Å². The SMILES string of the molecule is CC1NC=C(NC(=O)[C@H](Cc2ccc(F)cc2)N2CON(c3cc(Cl)ccc3-n3cc(Cl)nn3)CO2)O1. The average Bonchev–Trinajstić information content (AvgIpc) is 3.51. The maximum atomic E-state index is 13.4. The number of amides is 1. The lowest BCUT2D eigenvalue weighted by molar-refractivity contribution is -0.279. The molecule has 3 heterocycles. The predicted molar refractivity (Wildman–Crippen MR) is 131 cm³/mol. The number of carbonyl (C=O) groups excluding carboxylic acids is 1. The Kier molecular flexibility index (Phi) is 7.44. The minimum atomic E-state index is -0.819. The number of nitrogens with one attached hydrogen (secondary N) is 2. The minimum absolute atomic E-state index is 0.0687. The first-order valence-corrected chi connectivity index (χ1v) is 12.0. The van der Waals surface area contributed by atoms with Gasteiger partial charge in [0.25, 0.3) is 0 Å². The zero-order chi connectivity index (χ0) is 25.9. The van der Waals surface area contributed by atoms with Crippen LogP contribution in [0.15, 0.2) is 60.7 Å². The molecular weight excluding hydrogens is 528 g/mol. The molecule has 37 heavy (non-hydrogen) atoms. The smallest absolute Gasteiger partial charge is 0.246 e. The molecule has 2 atom stereocenters. The van der Waals surface area contributed by atoms with Crippen molar-refractivity contribution in [2.24, 2.45) is 0 Å². The first-order valence-electron chi connectivity index (χ1n) is 11.2. The summed E-state index contributed by atoms with van der Waals surface area (Å²) in [7, 11) is 0. The first-order chi connectivity index (χ1) is 17.9. The van der Waals surface area contributed by atoms with E-state index >= 15 is 0 Å². The van der Waals surface area contributed by atoms with Crippen LogP contribution in [0.2, 0.25) is 10.2 Å². The second kappa shape index (κ2) is 10.9. The van der Waals surface area contributed by atoms with Crippen LogP contribution < -0.4 is 15.7 Å². The van der Waals surface area contributed by atoms with Gasteiger partial charge in [0, 0.05) is 5.02 Å². The third-order valence-corrected chi connectivity index (χ3v) is 6.00. The Bertz CT molecular complexity index is 1300. The van der Waals surface area contributed by atoms with E-state index in [2.05, 4.69) is 20.9 Å². The van der Waals surface area contributed by atoms with Crippen LogP contribution in [0, 0.1) is 5.82 Å². The van der Waals surface area contributed by atoms with Gasteiger partial charge in [-0.1, -0.05) is 40.5 Å². The summed E-state index contributed by atoms with van der Waals surface area (Å²) in [6, 6.07) is 10.2. The van der Waals surface area contributed by atoms with E-state index in [1.54, 1.807) is 49.7 Å². The van der Waals surface area contributed by atoms with Crippen LogP contribution in [0.5, 0.6) is 0 Å². The number of aromatic nitrogens is 3. The number of hydrogen-bond donors (Lipinski definition) is 2. The highest BCUT2D eigenvalue weighted by molar-refractivity contribution is 6.31. The molecule has 1 amide bonds. The summed E-state index contributed by atoms with van der Waals surface area (Å²) in [5, 5.41) is 17.1. The molecule has 1 unspecified atom stereocenters. The molecule has 3 aromatic rings. The summed E-state index contributed by atoms with van der Waals surface area (Å²) in [6.07, 6.45) is 3.08. The molecular formula is C23H22Cl2FN7O4. The van der Waals surface area contributed by atoms with Crippen LogP contribution in [-0.4, -0.2) is 51.7 Å². The number of rotatable bonds is 7. The highest BCUT2D eigenvalue weighted by atomic mass is 35.5. The fourth-order valence-electron chi connectivity index (χ4n) is 3.79. The molecule has 2 N–H and O–H groups in total. The summed E-state index contributed by atoms with van der Waals surface area (Å²) < 4.78 is 20.4. The lowest BCUT2D eigenvalue weighted by atomic mass is 10.1. The lowest BCUT2D eigenvalue weighted by Crippen LogP contribution is -2.54. The molecule has 0 radical (unpaired) electrons. The van der Waals surface area contributed by atoms with Gasteiger partial charge in [-0.2, -0.15) is 0 Å². The maximum absolute atomic E-state index is 13.4.